The molecule has 1 heterocycles. The van der Waals surface area contributed by atoms with Gasteiger partial charge in [-0.15, -0.1) is 0 Å². The summed E-state index contributed by atoms with van der Waals surface area (Å²) in [7, 11) is -3.50. The van der Waals surface area contributed by atoms with Gasteiger partial charge in [-0.25, -0.2) is 8.42 Å². The second kappa shape index (κ2) is 10.4. The quantitative estimate of drug-likeness (QED) is 0.650. The molecule has 166 valence electrons. The summed E-state index contributed by atoms with van der Waals surface area (Å²) in [4.78, 5) is 24.3. The first kappa shape index (κ1) is 22.8. The molecule has 2 aromatic rings. The van der Waals surface area contributed by atoms with Crippen LogP contribution in [0.1, 0.15) is 36.5 Å². The van der Waals surface area contributed by atoms with E-state index in [1.54, 1.807) is 36.4 Å². The van der Waals surface area contributed by atoms with Crippen LogP contribution in [0, 0.1) is 0 Å². The van der Waals surface area contributed by atoms with Gasteiger partial charge in [-0.3, -0.25) is 9.59 Å². The number of nitrogens with zero attached hydrogens (tertiary/aromatic N) is 1. The molecule has 1 aliphatic rings. The molecule has 3 rings (SSSR count). The van der Waals surface area contributed by atoms with Gasteiger partial charge in [0, 0.05) is 30.9 Å². The van der Waals surface area contributed by atoms with Gasteiger partial charge in [0.25, 0.3) is 11.8 Å². The molecular formula is C22H27N3O5S. The molecule has 0 spiro atoms. The lowest BCUT2D eigenvalue weighted by molar-refractivity contribution is -0.118. The lowest BCUT2D eigenvalue weighted by atomic mass is 10.2. The number of rotatable bonds is 8. The molecule has 0 bridgehead atoms. The van der Waals surface area contributed by atoms with Crippen molar-refractivity contribution in [3.63, 3.8) is 0 Å². The molecule has 1 saturated heterocycles. The largest absolute Gasteiger partial charge is 0.484 e. The number of anilines is 1. The third kappa shape index (κ3) is 6.05. The molecular weight excluding hydrogens is 418 g/mol. The zero-order valence-corrected chi connectivity index (χ0v) is 18.3. The fourth-order valence-corrected chi connectivity index (χ4v) is 4.83. The summed E-state index contributed by atoms with van der Waals surface area (Å²) >= 11 is 0. The maximum atomic E-state index is 12.7. The van der Waals surface area contributed by atoms with E-state index in [4.69, 9.17) is 4.74 Å². The fourth-order valence-electron chi connectivity index (χ4n) is 3.31. The van der Waals surface area contributed by atoms with E-state index in [1.165, 1.54) is 16.4 Å². The van der Waals surface area contributed by atoms with Crippen LogP contribution in [0.5, 0.6) is 5.75 Å². The zero-order valence-electron chi connectivity index (χ0n) is 17.5. The van der Waals surface area contributed by atoms with Gasteiger partial charge in [-0.2, -0.15) is 4.31 Å². The number of hydrogen-bond acceptors (Lipinski definition) is 5. The van der Waals surface area contributed by atoms with Crippen molar-refractivity contribution < 1.29 is 22.7 Å². The molecule has 2 amide bonds. The summed E-state index contributed by atoms with van der Waals surface area (Å²) in [5.74, 6) is -0.212. The Morgan fingerprint density at radius 1 is 1.03 bits per heavy atom. The third-order valence-electron chi connectivity index (χ3n) is 4.89. The number of hydrogen-bond donors (Lipinski definition) is 2. The van der Waals surface area contributed by atoms with Gasteiger partial charge >= 0.3 is 0 Å². The molecule has 0 aromatic heterocycles. The highest BCUT2D eigenvalue weighted by Crippen LogP contribution is 2.22. The molecule has 1 aliphatic heterocycles. The van der Waals surface area contributed by atoms with Gasteiger partial charge in [-0.1, -0.05) is 12.5 Å². The number of amides is 2. The van der Waals surface area contributed by atoms with Crippen molar-refractivity contribution in [2.45, 2.75) is 31.1 Å². The lowest BCUT2D eigenvalue weighted by Crippen LogP contribution is -2.35. The first-order chi connectivity index (χ1) is 14.9. The number of piperidine rings is 1. The Morgan fingerprint density at radius 2 is 1.74 bits per heavy atom. The molecule has 2 aromatic carbocycles. The Balaban J connectivity index is 1.55. The molecule has 9 heteroatoms. The van der Waals surface area contributed by atoms with Crippen molar-refractivity contribution in [3.8, 4) is 5.75 Å². The van der Waals surface area contributed by atoms with Gasteiger partial charge in [-0.05, 0) is 62.2 Å². The molecule has 8 nitrogen and oxygen atoms in total. The van der Waals surface area contributed by atoms with Gasteiger partial charge in [0.15, 0.2) is 6.61 Å². The van der Waals surface area contributed by atoms with E-state index in [9.17, 15) is 18.0 Å². The van der Waals surface area contributed by atoms with Crippen LogP contribution in [-0.4, -0.2) is 50.8 Å². The van der Waals surface area contributed by atoms with Crippen molar-refractivity contribution in [3.05, 3.63) is 54.1 Å². The summed E-state index contributed by atoms with van der Waals surface area (Å²) in [5.41, 5.74) is 0.936. The lowest BCUT2D eigenvalue weighted by Gasteiger charge is -2.25. The standard InChI is InChI=1S/C22H27N3O5S/c1-2-23-22(27)17-7-6-8-18(15-17)24-21(26)16-30-19-9-11-20(12-10-19)31(28,29)25-13-4-3-5-14-25/h6-12,15H,2-5,13-14,16H2,1H3,(H,23,27)(H,24,26). The molecule has 0 aliphatic carbocycles. The smallest absolute Gasteiger partial charge is 0.262 e. The minimum atomic E-state index is -3.50. The average molecular weight is 446 g/mol. The van der Waals surface area contributed by atoms with Gasteiger partial charge in [0.2, 0.25) is 10.0 Å². The Bertz CT molecular complexity index is 1020. The number of benzene rings is 2. The maximum Gasteiger partial charge on any atom is 0.262 e. The number of carbonyl (C=O) groups excluding carboxylic acids is 2. The van der Waals surface area contributed by atoms with Crippen LogP contribution >= 0.6 is 0 Å². The monoisotopic (exact) mass is 445 g/mol. The number of ether oxygens (including phenoxy) is 1. The molecule has 31 heavy (non-hydrogen) atoms. The van der Waals surface area contributed by atoms with E-state index in [1.807, 2.05) is 6.92 Å². The van der Waals surface area contributed by atoms with Crippen LogP contribution in [0.25, 0.3) is 0 Å². The first-order valence-electron chi connectivity index (χ1n) is 10.3. The minimum Gasteiger partial charge on any atom is -0.484 e. The summed E-state index contributed by atoms with van der Waals surface area (Å²) in [6.45, 7) is 3.19. The first-order valence-corrected chi connectivity index (χ1v) is 11.8. The summed E-state index contributed by atoms with van der Waals surface area (Å²) in [6.07, 6.45) is 2.81. The van der Waals surface area contributed by atoms with E-state index >= 15 is 0 Å². The molecule has 2 N–H and O–H groups in total. The Morgan fingerprint density at radius 3 is 2.42 bits per heavy atom. The highest BCUT2D eigenvalue weighted by atomic mass is 32.2. The normalized spacial score (nSPS) is 14.6. The van der Waals surface area contributed by atoms with E-state index in [-0.39, 0.29) is 17.4 Å². The minimum absolute atomic E-state index is 0.213. The highest BCUT2D eigenvalue weighted by Gasteiger charge is 2.25. The average Bonchev–Trinajstić information content (AvgIpc) is 2.79. The van der Waals surface area contributed by atoms with Crippen molar-refractivity contribution in [2.24, 2.45) is 0 Å². The van der Waals surface area contributed by atoms with Crippen molar-refractivity contribution in [2.75, 3.05) is 31.6 Å². The highest BCUT2D eigenvalue weighted by molar-refractivity contribution is 7.89. The predicted molar refractivity (Wildman–Crippen MR) is 118 cm³/mol. The SMILES string of the molecule is CCNC(=O)c1cccc(NC(=O)COc2ccc(S(=O)(=O)N3CCCCC3)cc2)c1. The van der Waals surface area contributed by atoms with Crippen molar-refractivity contribution in [1.29, 1.82) is 0 Å². The number of carbonyl (C=O) groups is 2. The summed E-state index contributed by atoms with van der Waals surface area (Å²) in [5, 5.41) is 5.38. The van der Waals surface area contributed by atoms with Crippen LogP contribution in [0.3, 0.4) is 0 Å². The van der Waals surface area contributed by atoms with Crippen LogP contribution in [0.15, 0.2) is 53.4 Å². The van der Waals surface area contributed by atoms with Crippen LogP contribution in [0.4, 0.5) is 5.69 Å². The Labute approximate surface area is 182 Å². The molecule has 0 radical (unpaired) electrons. The van der Waals surface area contributed by atoms with Crippen LogP contribution in [-0.2, 0) is 14.8 Å². The second-order valence-corrected chi connectivity index (χ2v) is 9.15. The molecule has 0 saturated carbocycles. The van der Waals surface area contributed by atoms with Crippen molar-refractivity contribution >= 4 is 27.5 Å². The van der Waals surface area contributed by atoms with Crippen molar-refractivity contribution in [1.82, 2.24) is 9.62 Å². The summed E-state index contributed by atoms with van der Waals surface area (Å²) in [6, 6.07) is 12.7. The Hall–Kier alpha value is -2.91. The van der Waals surface area contributed by atoms with Crippen LogP contribution in [0.2, 0.25) is 0 Å². The van der Waals surface area contributed by atoms with Gasteiger partial charge in [0.05, 0.1) is 4.90 Å². The number of nitrogens with one attached hydrogen (secondary N) is 2. The number of sulfonamides is 1. The zero-order chi connectivity index (χ0) is 22.3. The van der Waals surface area contributed by atoms with Gasteiger partial charge < -0.3 is 15.4 Å². The topological polar surface area (TPSA) is 105 Å². The fraction of sp³-hybridized carbons (Fsp3) is 0.364. The van der Waals surface area contributed by atoms with Gasteiger partial charge in [0.1, 0.15) is 5.75 Å². The van der Waals surface area contributed by atoms with E-state index in [0.29, 0.717) is 36.6 Å². The van der Waals surface area contributed by atoms with Crippen LogP contribution < -0.4 is 15.4 Å². The van der Waals surface area contributed by atoms with E-state index in [2.05, 4.69) is 10.6 Å². The third-order valence-corrected chi connectivity index (χ3v) is 6.81. The Kier molecular flexibility index (Phi) is 7.64. The summed E-state index contributed by atoms with van der Waals surface area (Å²) < 4.78 is 32.3. The van der Waals surface area contributed by atoms with E-state index in [0.717, 1.165) is 19.3 Å². The molecule has 0 atom stereocenters. The second-order valence-electron chi connectivity index (χ2n) is 7.21. The predicted octanol–water partition coefficient (Wildman–Crippen LogP) is 2.63. The molecule has 1 fully saturated rings. The maximum absolute atomic E-state index is 12.7. The molecule has 0 unspecified atom stereocenters. The van der Waals surface area contributed by atoms with E-state index < -0.39 is 15.9 Å².